The van der Waals surface area contributed by atoms with Crippen LogP contribution in [-0.2, 0) is 4.74 Å². The van der Waals surface area contributed by atoms with Crippen LogP contribution < -0.4 is 19.7 Å². The summed E-state index contributed by atoms with van der Waals surface area (Å²) in [4.78, 5) is 11.3. The van der Waals surface area contributed by atoms with E-state index in [1.165, 1.54) is 0 Å². The minimum Gasteiger partial charge on any atom is -0.496 e. The van der Waals surface area contributed by atoms with Crippen molar-refractivity contribution in [3.8, 4) is 22.8 Å². The van der Waals surface area contributed by atoms with Crippen LogP contribution in [0.15, 0.2) is 54.7 Å². The summed E-state index contributed by atoms with van der Waals surface area (Å²) in [7, 11) is 3.34. The predicted molar refractivity (Wildman–Crippen MR) is 113 cm³/mol. The Morgan fingerprint density at radius 1 is 0.966 bits per heavy atom. The first kappa shape index (κ1) is 19.0. The lowest BCUT2D eigenvalue weighted by Gasteiger charge is -2.30. The van der Waals surface area contributed by atoms with Crippen LogP contribution in [0.25, 0.3) is 11.3 Å². The Morgan fingerprint density at radius 2 is 1.76 bits per heavy atom. The molecule has 1 fully saturated rings. The molecule has 0 atom stereocenters. The summed E-state index contributed by atoms with van der Waals surface area (Å²) in [5.41, 5.74) is 3.62. The van der Waals surface area contributed by atoms with Crippen LogP contribution in [-0.4, -0.2) is 50.5 Å². The van der Waals surface area contributed by atoms with Crippen molar-refractivity contribution in [1.82, 2.24) is 9.97 Å². The van der Waals surface area contributed by atoms with Gasteiger partial charge in [0.25, 0.3) is 0 Å². The van der Waals surface area contributed by atoms with Crippen molar-refractivity contribution in [2.24, 2.45) is 0 Å². The maximum atomic E-state index is 5.62. The zero-order valence-corrected chi connectivity index (χ0v) is 16.6. The van der Waals surface area contributed by atoms with Gasteiger partial charge in [-0.25, -0.2) is 9.97 Å². The van der Waals surface area contributed by atoms with Gasteiger partial charge in [0.1, 0.15) is 11.5 Å². The van der Waals surface area contributed by atoms with Gasteiger partial charge in [-0.3, -0.25) is 0 Å². The van der Waals surface area contributed by atoms with Crippen LogP contribution in [0, 0.1) is 0 Å². The molecule has 0 spiro atoms. The van der Waals surface area contributed by atoms with Crippen molar-refractivity contribution in [3.05, 3.63) is 54.7 Å². The van der Waals surface area contributed by atoms with Crippen LogP contribution in [0.1, 0.15) is 0 Å². The predicted octanol–water partition coefficient (Wildman–Crippen LogP) is 3.74. The number of methoxy groups -OCH3 is 2. The van der Waals surface area contributed by atoms with E-state index in [-0.39, 0.29) is 0 Å². The number of nitrogens with one attached hydrogen (secondary N) is 1. The van der Waals surface area contributed by atoms with E-state index in [4.69, 9.17) is 14.2 Å². The lowest BCUT2D eigenvalue weighted by Crippen LogP contribution is -2.36. The van der Waals surface area contributed by atoms with Crippen molar-refractivity contribution in [2.45, 2.75) is 0 Å². The molecule has 150 valence electrons. The Bertz CT molecular complexity index is 974. The van der Waals surface area contributed by atoms with Crippen LogP contribution in [0.3, 0.4) is 0 Å². The monoisotopic (exact) mass is 392 g/mol. The molecule has 1 aliphatic rings. The van der Waals surface area contributed by atoms with E-state index in [9.17, 15) is 0 Å². The van der Waals surface area contributed by atoms with E-state index in [2.05, 4.69) is 26.3 Å². The van der Waals surface area contributed by atoms with Gasteiger partial charge in [0.15, 0.2) is 0 Å². The summed E-state index contributed by atoms with van der Waals surface area (Å²) < 4.78 is 16.5. The standard InChI is InChI=1S/C22H24N4O3/c1-27-20-6-4-3-5-17(20)18-9-10-23-22(25-18)24-16-7-8-19(21(15-16)28-2)26-11-13-29-14-12-26/h3-10,15H,11-14H2,1-2H3,(H,23,24,25). The summed E-state index contributed by atoms with van der Waals surface area (Å²) in [6.07, 6.45) is 1.73. The number of benzene rings is 2. The molecular weight excluding hydrogens is 368 g/mol. The molecule has 4 rings (SSSR count). The fourth-order valence-corrected chi connectivity index (χ4v) is 3.38. The first-order valence-corrected chi connectivity index (χ1v) is 9.52. The van der Waals surface area contributed by atoms with Crippen molar-refractivity contribution in [1.29, 1.82) is 0 Å². The van der Waals surface area contributed by atoms with Gasteiger partial charge in [-0.2, -0.15) is 0 Å². The first-order valence-electron chi connectivity index (χ1n) is 9.52. The highest BCUT2D eigenvalue weighted by atomic mass is 16.5. The smallest absolute Gasteiger partial charge is 0.227 e. The highest BCUT2D eigenvalue weighted by molar-refractivity contribution is 5.70. The molecule has 1 aliphatic heterocycles. The number of nitrogens with zero attached hydrogens (tertiary/aromatic N) is 3. The third kappa shape index (κ3) is 4.25. The summed E-state index contributed by atoms with van der Waals surface area (Å²) in [5.74, 6) is 2.08. The van der Waals surface area contributed by atoms with E-state index >= 15 is 0 Å². The summed E-state index contributed by atoms with van der Waals surface area (Å²) >= 11 is 0. The molecular formula is C22H24N4O3. The van der Waals surface area contributed by atoms with Gasteiger partial charge in [0.05, 0.1) is 38.8 Å². The number of morpholine rings is 1. The highest BCUT2D eigenvalue weighted by Gasteiger charge is 2.16. The fourth-order valence-electron chi connectivity index (χ4n) is 3.38. The summed E-state index contributed by atoms with van der Waals surface area (Å²) in [6, 6.07) is 15.7. The molecule has 0 saturated carbocycles. The van der Waals surface area contributed by atoms with Gasteiger partial charge in [-0.1, -0.05) is 12.1 Å². The molecule has 29 heavy (non-hydrogen) atoms. The quantitative estimate of drug-likeness (QED) is 0.685. The maximum absolute atomic E-state index is 5.62. The molecule has 0 amide bonds. The number of ether oxygens (including phenoxy) is 3. The lowest BCUT2D eigenvalue weighted by atomic mass is 10.1. The van der Waals surface area contributed by atoms with Crippen LogP contribution >= 0.6 is 0 Å². The maximum Gasteiger partial charge on any atom is 0.227 e. The minimum atomic E-state index is 0.509. The number of para-hydroxylation sites is 1. The summed E-state index contributed by atoms with van der Waals surface area (Å²) in [6.45, 7) is 3.17. The molecule has 3 aromatic rings. The number of hydrogen-bond acceptors (Lipinski definition) is 7. The fraction of sp³-hybridized carbons (Fsp3) is 0.273. The molecule has 2 heterocycles. The van der Waals surface area contributed by atoms with Gasteiger partial charge in [0.2, 0.25) is 5.95 Å². The number of hydrogen-bond donors (Lipinski definition) is 1. The van der Waals surface area contributed by atoms with E-state index in [0.717, 1.165) is 60.4 Å². The van der Waals surface area contributed by atoms with Gasteiger partial charge < -0.3 is 24.4 Å². The third-order valence-electron chi connectivity index (χ3n) is 4.83. The molecule has 0 bridgehead atoms. The Morgan fingerprint density at radius 3 is 2.55 bits per heavy atom. The first-order chi connectivity index (χ1) is 14.3. The van der Waals surface area contributed by atoms with E-state index in [0.29, 0.717) is 5.95 Å². The molecule has 1 N–H and O–H groups in total. The largest absolute Gasteiger partial charge is 0.496 e. The molecule has 1 saturated heterocycles. The number of anilines is 3. The van der Waals surface area contributed by atoms with Crippen LogP contribution in [0.2, 0.25) is 0 Å². The zero-order chi connectivity index (χ0) is 20.1. The molecule has 7 nitrogen and oxygen atoms in total. The SMILES string of the molecule is COc1ccccc1-c1ccnc(Nc2ccc(N3CCOCC3)c(OC)c2)n1. The van der Waals surface area contributed by atoms with Crippen molar-refractivity contribution in [3.63, 3.8) is 0 Å². The van der Waals surface area contributed by atoms with Crippen molar-refractivity contribution >= 4 is 17.3 Å². The van der Waals surface area contributed by atoms with E-state index < -0.39 is 0 Å². The second-order valence-electron chi connectivity index (χ2n) is 6.58. The second-order valence-corrected chi connectivity index (χ2v) is 6.58. The Labute approximate surface area is 170 Å². The third-order valence-corrected chi connectivity index (χ3v) is 4.83. The molecule has 0 unspecified atom stereocenters. The van der Waals surface area contributed by atoms with Gasteiger partial charge in [-0.05, 0) is 30.3 Å². The minimum absolute atomic E-state index is 0.509. The second kappa shape index (κ2) is 8.79. The number of rotatable bonds is 6. The highest BCUT2D eigenvalue weighted by Crippen LogP contribution is 2.33. The zero-order valence-electron chi connectivity index (χ0n) is 16.6. The lowest BCUT2D eigenvalue weighted by molar-refractivity contribution is 0.122. The number of aromatic nitrogens is 2. The van der Waals surface area contributed by atoms with Crippen molar-refractivity contribution < 1.29 is 14.2 Å². The molecule has 1 aromatic heterocycles. The average molecular weight is 392 g/mol. The van der Waals surface area contributed by atoms with E-state index in [1.807, 2.05) is 42.5 Å². The Hall–Kier alpha value is -3.32. The Balaban J connectivity index is 1.58. The van der Waals surface area contributed by atoms with Gasteiger partial charge in [-0.15, -0.1) is 0 Å². The molecule has 7 heteroatoms. The normalized spacial score (nSPS) is 13.8. The van der Waals surface area contributed by atoms with Crippen LogP contribution in [0.4, 0.5) is 17.3 Å². The molecule has 2 aromatic carbocycles. The Kier molecular flexibility index (Phi) is 5.76. The van der Waals surface area contributed by atoms with E-state index in [1.54, 1.807) is 20.4 Å². The van der Waals surface area contributed by atoms with Crippen molar-refractivity contribution in [2.75, 3.05) is 50.7 Å². The average Bonchev–Trinajstić information content (AvgIpc) is 2.79. The van der Waals surface area contributed by atoms with Crippen LogP contribution in [0.5, 0.6) is 11.5 Å². The van der Waals surface area contributed by atoms with Gasteiger partial charge in [0, 0.05) is 36.6 Å². The summed E-state index contributed by atoms with van der Waals surface area (Å²) in [5, 5.41) is 3.27. The topological polar surface area (TPSA) is 68.7 Å². The van der Waals surface area contributed by atoms with Gasteiger partial charge >= 0.3 is 0 Å². The molecule has 0 aliphatic carbocycles. The molecule has 0 radical (unpaired) electrons.